The summed E-state index contributed by atoms with van der Waals surface area (Å²) in [5, 5.41) is 14.4. The first-order valence-corrected chi connectivity index (χ1v) is 6.18. The number of hydrogen-bond donors (Lipinski definition) is 3. The van der Waals surface area contributed by atoms with Gasteiger partial charge in [-0.25, -0.2) is 9.59 Å². The van der Waals surface area contributed by atoms with Gasteiger partial charge in [-0.05, 0) is 38.5 Å². The van der Waals surface area contributed by atoms with E-state index in [1.165, 1.54) is 0 Å². The molecule has 0 aromatic heterocycles. The largest absolute Gasteiger partial charge is 0.480 e. The second-order valence-electron chi connectivity index (χ2n) is 5.37. The van der Waals surface area contributed by atoms with E-state index in [2.05, 4.69) is 24.5 Å². The number of carbonyl (C=O) groups is 2. The van der Waals surface area contributed by atoms with Crippen LogP contribution in [0.15, 0.2) is 0 Å². The van der Waals surface area contributed by atoms with Crippen LogP contribution in [0.4, 0.5) is 4.79 Å². The smallest absolute Gasteiger partial charge is 0.329 e. The summed E-state index contributed by atoms with van der Waals surface area (Å²) in [7, 11) is 0. The van der Waals surface area contributed by atoms with Crippen LogP contribution in [0.1, 0.15) is 46.5 Å². The number of hydrogen-bond acceptors (Lipinski definition) is 2. The van der Waals surface area contributed by atoms with Crippen molar-refractivity contribution in [3.63, 3.8) is 0 Å². The van der Waals surface area contributed by atoms with E-state index in [9.17, 15) is 9.59 Å². The molecule has 1 saturated carbocycles. The molecule has 1 atom stereocenters. The van der Waals surface area contributed by atoms with E-state index in [1.807, 2.05) is 6.92 Å². The Bertz CT molecular complexity index is 298. The van der Waals surface area contributed by atoms with E-state index in [1.54, 1.807) is 0 Å². The molecule has 5 heteroatoms. The fourth-order valence-corrected chi connectivity index (χ4v) is 2.17. The molecular formula is C12H22N2O3. The molecule has 0 aromatic rings. The number of amides is 2. The van der Waals surface area contributed by atoms with Crippen molar-refractivity contribution >= 4 is 12.0 Å². The van der Waals surface area contributed by atoms with Crippen molar-refractivity contribution in [3.8, 4) is 0 Å². The molecule has 1 unspecified atom stereocenters. The van der Waals surface area contributed by atoms with E-state index in [-0.39, 0.29) is 12.1 Å². The lowest BCUT2D eigenvalue weighted by Gasteiger charge is -2.38. The fourth-order valence-electron chi connectivity index (χ4n) is 2.17. The Morgan fingerprint density at radius 1 is 1.29 bits per heavy atom. The van der Waals surface area contributed by atoms with Gasteiger partial charge in [0.15, 0.2) is 0 Å². The highest BCUT2D eigenvalue weighted by molar-refractivity contribution is 5.87. The molecule has 98 valence electrons. The number of nitrogens with one attached hydrogen (secondary N) is 2. The van der Waals surface area contributed by atoms with Crippen molar-refractivity contribution in [3.05, 3.63) is 0 Å². The van der Waals surface area contributed by atoms with Crippen LogP contribution >= 0.6 is 0 Å². The summed E-state index contributed by atoms with van der Waals surface area (Å²) in [6.07, 6.45) is 2.78. The van der Waals surface area contributed by atoms with Crippen LogP contribution in [-0.4, -0.2) is 28.7 Å². The second kappa shape index (κ2) is 5.38. The molecule has 0 aliphatic heterocycles. The molecule has 0 saturated heterocycles. The van der Waals surface area contributed by atoms with E-state index < -0.39 is 11.5 Å². The van der Waals surface area contributed by atoms with Gasteiger partial charge < -0.3 is 15.7 Å². The molecule has 1 fully saturated rings. The zero-order chi connectivity index (χ0) is 13.1. The van der Waals surface area contributed by atoms with Gasteiger partial charge in [-0.1, -0.05) is 13.8 Å². The maximum atomic E-state index is 11.7. The zero-order valence-electron chi connectivity index (χ0n) is 10.7. The van der Waals surface area contributed by atoms with Gasteiger partial charge in [0.05, 0.1) is 0 Å². The Kier molecular flexibility index (Phi) is 4.37. The molecular weight excluding hydrogens is 220 g/mol. The van der Waals surface area contributed by atoms with E-state index in [0.717, 1.165) is 12.8 Å². The first-order valence-electron chi connectivity index (χ1n) is 6.18. The summed E-state index contributed by atoms with van der Waals surface area (Å²) in [6, 6.07) is -0.318. The summed E-state index contributed by atoms with van der Waals surface area (Å²) in [5.74, 6) is -0.433. The summed E-state index contributed by atoms with van der Waals surface area (Å²) in [4.78, 5) is 22.7. The summed E-state index contributed by atoms with van der Waals surface area (Å²) >= 11 is 0. The molecule has 0 spiro atoms. The predicted octanol–water partition coefficient (Wildman–Crippen LogP) is 1.73. The third-order valence-corrected chi connectivity index (χ3v) is 3.17. The topological polar surface area (TPSA) is 78.4 Å². The van der Waals surface area contributed by atoms with Gasteiger partial charge in [0, 0.05) is 6.04 Å². The highest BCUT2D eigenvalue weighted by Crippen LogP contribution is 2.31. The van der Waals surface area contributed by atoms with Crippen LogP contribution in [0.5, 0.6) is 0 Å². The van der Waals surface area contributed by atoms with E-state index in [0.29, 0.717) is 18.8 Å². The van der Waals surface area contributed by atoms with Crippen LogP contribution in [0.25, 0.3) is 0 Å². The first kappa shape index (κ1) is 13.8. The van der Waals surface area contributed by atoms with Gasteiger partial charge in [-0.2, -0.15) is 0 Å². The van der Waals surface area contributed by atoms with Gasteiger partial charge >= 0.3 is 12.0 Å². The lowest BCUT2D eigenvalue weighted by molar-refractivity contribution is -0.148. The maximum absolute atomic E-state index is 11.7. The molecule has 0 bridgehead atoms. The number of rotatable bonds is 5. The molecule has 3 N–H and O–H groups in total. The molecule has 0 radical (unpaired) electrons. The fraction of sp³-hybridized carbons (Fsp3) is 0.833. The Labute approximate surface area is 102 Å². The van der Waals surface area contributed by atoms with Gasteiger partial charge in [-0.3, -0.25) is 0 Å². The molecule has 0 aromatic carbocycles. The average molecular weight is 242 g/mol. The summed E-state index contributed by atoms with van der Waals surface area (Å²) in [5.41, 5.74) is -1.03. The van der Waals surface area contributed by atoms with Crippen molar-refractivity contribution in [2.75, 3.05) is 0 Å². The number of carboxylic acids is 1. The van der Waals surface area contributed by atoms with Crippen molar-refractivity contribution in [1.29, 1.82) is 0 Å². The van der Waals surface area contributed by atoms with Crippen LogP contribution < -0.4 is 10.6 Å². The Balaban J connectivity index is 2.41. The number of aliphatic carboxylic acids is 1. The average Bonchev–Trinajstić information content (AvgIpc) is 2.08. The second-order valence-corrected chi connectivity index (χ2v) is 5.37. The molecule has 1 aliphatic rings. The highest BCUT2D eigenvalue weighted by atomic mass is 16.4. The molecule has 5 nitrogen and oxygen atoms in total. The Morgan fingerprint density at radius 2 is 1.88 bits per heavy atom. The van der Waals surface area contributed by atoms with E-state index in [4.69, 9.17) is 5.11 Å². The number of carbonyl (C=O) groups excluding carboxylic acids is 1. The molecule has 2 amide bonds. The zero-order valence-corrected chi connectivity index (χ0v) is 10.7. The van der Waals surface area contributed by atoms with E-state index >= 15 is 0 Å². The van der Waals surface area contributed by atoms with Crippen molar-refractivity contribution in [2.24, 2.45) is 5.92 Å². The maximum Gasteiger partial charge on any atom is 0.329 e. The van der Waals surface area contributed by atoms with Crippen LogP contribution in [-0.2, 0) is 4.79 Å². The lowest BCUT2D eigenvalue weighted by atomic mass is 9.77. The van der Waals surface area contributed by atoms with Crippen molar-refractivity contribution in [1.82, 2.24) is 10.6 Å². The molecule has 0 heterocycles. The highest BCUT2D eigenvalue weighted by Gasteiger charge is 2.45. The minimum Gasteiger partial charge on any atom is -0.480 e. The Morgan fingerprint density at radius 3 is 2.24 bits per heavy atom. The van der Waals surface area contributed by atoms with Gasteiger partial charge in [0.25, 0.3) is 0 Å². The summed E-state index contributed by atoms with van der Waals surface area (Å²) < 4.78 is 0. The quantitative estimate of drug-likeness (QED) is 0.687. The number of urea groups is 1. The third-order valence-electron chi connectivity index (χ3n) is 3.17. The van der Waals surface area contributed by atoms with Crippen molar-refractivity contribution in [2.45, 2.75) is 58.0 Å². The minimum atomic E-state index is -1.03. The Hall–Kier alpha value is -1.26. The molecule has 1 rings (SSSR count). The number of carboxylic acid groups (broad SMARTS) is 1. The monoisotopic (exact) mass is 242 g/mol. The van der Waals surface area contributed by atoms with Crippen LogP contribution in [0.2, 0.25) is 0 Å². The molecule has 1 aliphatic carbocycles. The lowest BCUT2D eigenvalue weighted by Crippen LogP contribution is -2.61. The van der Waals surface area contributed by atoms with Gasteiger partial charge in [0.1, 0.15) is 5.54 Å². The summed E-state index contributed by atoms with van der Waals surface area (Å²) in [6.45, 7) is 6.09. The minimum absolute atomic E-state index is 0.0564. The third kappa shape index (κ3) is 3.61. The SMILES string of the molecule is CC(C)CC(C)NC(=O)NC1(C(=O)O)CCC1. The van der Waals surface area contributed by atoms with Crippen LogP contribution in [0, 0.1) is 5.92 Å². The normalized spacial score (nSPS) is 19.3. The van der Waals surface area contributed by atoms with Gasteiger partial charge in [0.2, 0.25) is 0 Å². The standard InChI is InChI=1S/C12H22N2O3/c1-8(2)7-9(3)13-11(17)14-12(10(15)16)5-4-6-12/h8-9H,4-7H2,1-3H3,(H,15,16)(H2,13,14,17). The van der Waals surface area contributed by atoms with Gasteiger partial charge in [-0.15, -0.1) is 0 Å². The van der Waals surface area contributed by atoms with Crippen LogP contribution in [0.3, 0.4) is 0 Å². The molecule has 17 heavy (non-hydrogen) atoms. The first-order chi connectivity index (χ1) is 7.85. The predicted molar refractivity (Wildman–Crippen MR) is 64.8 cm³/mol. The van der Waals surface area contributed by atoms with Crippen molar-refractivity contribution < 1.29 is 14.7 Å².